The van der Waals surface area contributed by atoms with Gasteiger partial charge in [-0.15, -0.1) is 11.3 Å². The van der Waals surface area contributed by atoms with Crippen LogP contribution in [0.4, 0.5) is 0 Å². The predicted molar refractivity (Wildman–Crippen MR) is 83.9 cm³/mol. The Morgan fingerprint density at radius 2 is 2.10 bits per heavy atom. The molecule has 1 fully saturated rings. The van der Waals surface area contributed by atoms with Crippen LogP contribution in [0.3, 0.4) is 0 Å². The number of amides is 1. The van der Waals surface area contributed by atoms with Gasteiger partial charge in [0.05, 0.1) is 17.0 Å². The Morgan fingerprint density at radius 1 is 1.38 bits per heavy atom. The van der Waals surface area contributed by atoms with Gasteiger partial charge in [-0.05, 0) is 36.8 Å². The summed E-state index contributed by atoms with van der Waals surface area (Å²) in [6.07, 6.45) is 1.30. The summed E-state index contributed by atoms with van der Waals surface area (Å²) in [5.41, 5.74) is 0.464. The summed E-state index contributed by atoms with van der Waals surface area (Å²) in [5.74, 6) is -0.0929. The van der Waals surface area contributed by atoms with Gasteiger partial charge in [0.1, 0.15) is 0 Å². The van der Waals surface area contributed by atoms with Crippen LogP contribution in [0.25, 0.3) is 10.1 Å². The van der Waals surface area contributed by atoms with E-state index in [4.69, 9.17) is 4.74 Å². The molecule has 0 atom stereocenters. The summed E-state index contributed by atoms with van der Waals surface area (Å²) in [7, 11) is 0. The van der Waals surface area contributed by atoms with E-state index in [1.807, 2.05) is 31.2 Å². The van der Waals surface area contributed by atoms with E-state index in [1.165, 1.54) is 11.3 Å². The zero-order valence-electron chi connectivity index (χ0n) is 12.0. The van der Waals surface area contributed by atoms with Crippen molar-refractivity contribution in [3.8, 4) is 0 Å². The summed E-state index contributed by atoms with van der Waals surface area (Å²) in [6, 6.07) is 8.03. The van der Waals surface area contributed by atoms with E-state index < -0.39 is 5.54 Å². The molecule has 5 heteroatoms. The molecule has 2 aromatic rings. The molecule has 0 spiro atoms. The van der Waals surface area contributed by atoms with E-state index in [0.717, 1.165) is 20.5 Å². The highest BCUT2D eigenvalue weighted by Crippen LogP contribution is 2.31. The summed E-state index contributed by atoms with van der Waals surface area (Å²) < 4.78 is 6.44. The predicted octanol–water partition coefficient (Wildman–Crippen LogP) is 2.48. The highest BCUT2D eigenvalue weighted by molar-refractivity contribution is 7.21. The van der Waals surface area contributed by atoms with Crippen LogP contribution in [-0.2, 0) is 4.74 Å². The minimum atomic E-state index is -0.544. The van der Waals surface area contributed by atoms with Gasteiger partial charge in [0, 0.05) is 17.9 Å². The van der Waals surface area contributed by atoms with Crippen molar-refractivity contribution in [2.45, 2.75) is 25.3 Å². The summed E-state index contributed by atoms with van der Waals surface area (Å²) in [4.78, 5) is 13.3. The maximum Gasteiger partial charge on any atom is 0.262 e. The molecule has 1 amide bonds. The standard InChI is InChI=1S/C16H19NO3S/c1-11-12-4-2-3-5-13(12)21-14(11)15(19)17-16(10-18)6-8-20-9-7-16/h2-5,18H,6-10H2,1H3,(H,17,19). The van der Waals surface area contributed by atoms with Crippen LogP contribution in [0.1, 0.15) is 28.1 Å². The Morgan fingerprint density at radius 3 is 2.76 bits per heavy atom. The number of fused-ring (bicyclic) bond motifs is 1. The maximum atomic E-state index is 12.6. The number of aliphatic hydroxyl groups is 1. The number of hydrogen-bond acceptors (Lipinski definition) is 4. The molecule has 112 valence electrons. The molecule has 21 heavy (non-hydrogen) atoms. The van der Waals surface area contributed by atoms with Gasteiger partial charge in [-0.2, -0.15) is 0 Å². The number of aliphatic hydroxyl groups excluding tert-OH is 1. The second-order valence-corrected chi connectivity index (χ2v) is 6.61. The molecule has 0 saturated carbocycles. The number of hydrogen-bond donors (Lipinski definition) is 2. The first-order chi connectivity index (χ1) is 10.2. The van der Waals surface area contributed by atoms with E-state index in [2.05, 4.69) is 5.32 Å². The zero-order chi connectivity index (χ0) is 14.9. The molecule has 4 nitrogen and oxygen atoms in total. The van der Waals surface area contributed by atoms with Gasteiger partial charge in [0.15, 0.2) is 0 Å². The molecule has 0 unspecified atom stereocenters. The topological polar surface area (TPSA) is 58.6 Å². The molecule has 1 aliphatic heterocycles. The third-order valence-corrected chi connectivity index (χ3v) is 5.45. The first-order valence-electron chi connectivity index (χ1n) is 7.14. The maximum absolute atomic E-state index is 12.6. The third-order valence-electron chi connectivity index (χ3n) is 4.18. The molecule has 0 bridgehead atoms. The number of aryl methyl sites for hydroxylation is 1. The summed E-state index contributed by atoms with van der Waals surface area (Å²) >= 11 is 1.50. The van der Waals surface area contributed by atoms with Crippen molar-refractivity contribution >= 4 is 27.3 Å². The summed E-state index contributed by atoms with van der Waals surface area (Å²) in [5, 5.41) is 13.8. The second-order valence-electron chi connectivity index (χ2n) is 5.56. The van der Waals surface area contributed by atoms with Crippen molar-refractivity contribution in [3.05, 3.63) is 34.7 Å². The van der Waals surface area contributed by atoms with Gasteiger partial charge in [-0.25, -0.2) is 0 Å². The van der Waals surface area contributed by atoms with E-state index in [1.54, 1.807) is 0 Å². The monoisotopic (exact) mass is 305 g/mol. The average Bonchev–Trinajstić information content (AvgIpc) is 2.86. The lowest BCUT2D eigenvalue weighted by Gasteiger charge is -2.36. The molecular formula is C16H19NO3S. The van der Waals surface area contributed by atoms with Crippen molar-refractivity contribution in [1.29, 1.82) is 0 Å². The Hall–Kier alpha value is -1.43. The van der Waals surface area contributed by atoms with Crippen LogP contribution in [0.15, 0.2) is 24.3 Å². The molecule has 1 saturated heterocycles. The van der Waals surface area contributed by atoms with Gasteiger partial charge in [-0.3, -0.25) is 4.79 Å². The largest absolute Gasteiger partial charge is 0.394 e. The Kier molecular flexibility index (Phi) is 3.97. The number of benzene rings is 1. The average molecular weight is 305 g/mol. The minimum absolute atomic E-state index is 0.0496. The first kappa shape index (κ1) is 14.5. The number of nitrogens with one attached hydrogen (secondary N) is 1. The van der Waals surface area contributed by atoms with E-state index in [9.17, 15) is 9.90 Å². The lowest BCUT2D eigenvalue weighted by molar-refractivity contribution is 0.0126. The molecule has 0 radical (unpaired) electrons. The number of ether oxygens (including phenoxy) is 1. The third kappa shape index (κ3) is 2.69. The Balaban J connectivity index is 1.88. The number of thiophene rings is 1. The first-order valence-corrected chi connectivity index (χ1v) is 7.96. The highest BCUT2D eigenvalue weighted by Gasteiger charge is 2.34. The molecule has 0 aliphatic carbocycles. The fourth-order valence-electron chi connectivity index (χ4n) is 2.77. The van der Waals surface area contributed by atoms with Gasteiger partial charge < -0.3 is 15.2 Å². The van der Waals surface area contributed by atoms with Crippen molar-refractivity contribution in [2.24, 2.45) is 0 Å². The SMILES string of the molecule is Cc1c(C(=O)NC2(CO)CCOCC2)sc2ccccc12. The van der Waals surface area contributed by atoms with Crippen LogP contribution in [-0.4, -0.2) is 36.4 Å². The number of carbonyl (C=O) groups excluding carboxylic acids is 1. The lowest BCUT2D eigenvalue weighted by atomic mass is 9.91. The van der Waals surface area contributed by atoms with E-state index in [-0.39, 0.29) is 12.5 Å². The van der Waals surface area contributed by atoms with Gasteiger partial charge in [0.2, 0.25) is 0 Å². The molecule has 3 rings (SSSR count). The minimum Gasteiger partial charge on any atom is -0.394 e. The molecule has 1 aromatic carbocycles. The fourth-order valence-corrected chi connectivity index (χ4v) is 3.88. The molecule has 2 heterocycles. The van der Waals surface area contributed by atoms with Crippen LogP contribution in [0, 0.1) is 6.92 Å². The number of carbonyl (C=O) groups is 1. The van der Waals surface area contributed by atoms with E-state index in [0.29, 0.717) is 26.1 Å². The van der Waals surface area contributed by atoms with Crippen molar-refractivity contribution in [3.63, 3.8) is 0 Å². The number of rotatable bonds is 3. The molecule has 1 aromatic heterocycles. The smallest absolute Gasteiger partial charge is 0.262 e. The van der Waals surface area contributed by atoms with E-state index >= 15 is 0 Å². The molecular weight excluding hydrogens is 286 g/mol. The van der Waals surface area contributed by atoms with Gasteiger partial charge in [-0.1, -0.05) is 18.2 Å². The van der Waals surface area contributed by atoms with Crippen LogP contribution in [0.2, 0.25) is 0 Å². The quantitative estimate of drug-likeness (QED) is 0.916. The van der Waals surface area contributed by atoms with Gasteiger partial charge >= 0.3 is 0 Å². The van der Waals surface area contributed by atoms with Crippen LogP contribution < -0.4 is 5.32 Å². The normalized spacial score (nSPS) is 17.8. The molecule has 2 N–H and O–H groups in total. The fraction of sp³-hybridized carbons (Fsp3) is 0.438. The summed E-state index contributed by atoms with van der Waals surface area (Å²) in [6.45, 7) is 3.08. The van der Waals surface area contributed by atoms with Crippen molar-refractivity contribution in [1.82, 2.24) is 5.32 Å². The zero-order valence-corrected chi connectivity index (χ0v) is 12.8. The second kappa shape index (κ2) is 5.75. The molecule has 1 aliphatic rings. The van der Waals surface area contributed by atoms with Gasteiger partial charge in [0.25, 0.3) is 5.91 Å². The van der Waals surface area contributed by atoms with Crippen LogP contribution in [0.5, 0.6) is 0 Å². The van der Waals surface area contributed by atoms with Crippen molar-refractivity contribution in [2.75, 3.05) is 19.8 Å². The Bertz CT molecular complexity index is 659. The highest BCUT2D eigenvalue weighted by atomic mass is 32.1. The van der Waals surface area contributed by atoms with Crippen LogP contribution >= 0.6 is 11.3 Å². The van der Waals surface area contributed by atoms with Crippen molar-refractivity contribution < 1.29 is 14.6 Å². The Labute approximate surface area is 127 Å². The lowest BCUT2D eigenvalue weighted by Crippen LogP contribution is -2.54.